The molecule has 164 valence electrons. The molecule has 0 spiro atoms. The van der Waals surface area contributed by atoms with Gasteiger partial charge in [-0.15, -0.1) is 0 Å². The van der Waals surface area contributed by atoms with Gasteiger partial charge in [-0.25, -0.2) is 14.5 Å². The molecule has 5 rings (SSSR count). The molecule has 0 bridgehead atoms. The van der Waals surface area contributed by atoms with Crippen molar-refractivity contribution < 1.29 is 9.53 Å². The van der Waals surface area contributed by atoms with E-state index in [4.69, 9.17) is 9.72 Å². The first kappa shape index (κ1) is 20.6. The molecular weight excluding hydrogens is 416 g/mol. The van der Waals surface area contributed by atoms with Gasteiger partial charge in [-0.2, -0.15) is 5.10 Å². The molecule has 8 heteroatoms. The Morgan fingerprint density at radius 1 is 1.09 bits per heavy atom. The lowest BCUT2D eigenvalue weighted by Gasteiger charge is -2.12. The van der Waals surface area contributed by atoms with Crippen molar-refractivity contribution in [2.45, 2.75) is 20.4 Å². The molecule has 5 aromatic rings. The molecule has 0 saturated carbocycles. The lowest BCUT2D eigenvalue weighted by Crippen LogP contribution is -2.22. The summed E-state index contributed by atoms with van der Waals surface area (Å²) >= 11 is 0. The molecule has 1 aromatic carbocycles. The van der Waals surface area contributed by atoms with Crippen molar-refractivity contribution in [1.29, 1.82) is 0 Å². The molecule has 0 saturated heterocycles. The molecule has 1 N–H and O–H groups in total. The summed E-state index contributed by atoms with van der Waals surface area (Å²) in [7, 11) is 0. The number of amides is 1. The predicted molar refractivity (Wildman–Crippen MR) is 125 cm³/mol. The van der Waals surface area contributed by atoms with E-state index in [1.54, 1.807) is 22.8 Å². The molecule has 0 atom stereocenters. The standard InChI is InChI=1S/C25H22N6O2/c1-3-33-23-13-21(18-6-8-26-16(2)10-18)30-22-12-19(4-5-20(22)23)25(32)27-14-17-7-9-31-24(11-17)28-15-29-31/h4-13,15H,3,14H2,1-2H3,(H,27,32). The Labute approximate surface area is 190 Å². The van der Waals surface area contributed by atoms with E-state index in [9.17, 15) is 4.79 Å². The zero-order valence-electron chi connectivity index (χ0n) is 18.3. The number of aryl methyl sites for hydroxylation is 1. The van der Waals surface area contributed by atoms with E-state index in [-0.39, 0.29) is 5.91 Å². The van der Waals surface area contributed by atoms with Crippen LogP contribution in [0.5, 0.6) is 5.75 Å². The first-order chi connectivity index (χ1) is 16.1. The van der Waals surface area contributed by atoms with Crippen LogP contribution in [0.15, 0.2) is 67.3 Å². The highest BCUT2D eigenvalue weighted by Gasteiger charge is 2.13. The summed E-state index contributed by atoms with van der Waals surface area (Å²) in [5.74, 6) is 0.559. The highest BCUT2D eigenvalue weighted by atomic mass is 16.5. The second-order valence-electron chi connectivity index (χ2n) is 7.64. The quantitative estimate of drug-likeness (QED) is 0.431. The summed E-state index contributed by atoms with van der Waals surface area (Å²) in [5.41, 5.74) is 5.53. The van der Waals surface area contributed by atoms with Crippen LogP contribution in [-0.2, 0) is 6.54 Å². The molecule has 0 fully saturated rings. The van der Waals surface area contributed by atoms with Gasteiger partial charge in [-0.3, -0.25) is 9.78 Å². The normalized spacial score (nSPS) is 11.1. The van der Waals surface area contributed by atoms with Crippen LogP contribution in [0.3, 0.4) is 0 Å². The van der Waals surface area contributed by atoms with E-state index >= 15 is 0 Å². The van der Waals surface area contributed by atoms with E-state index in [2.05, 4.69) is 20.4 Å². The van der Waals surface area contributed by atoms with E-state index in [1.165, 1.54) is 6.33 Å². The number of benzene rings is 1. The molecular formula is C25H22N6O2. The fourth-order valence-electron chi connectivity index (χ4n) is 3.72. The number of pyridine rings is 3. The first-order valence-electron chi connectivity index (χ1n) is 10.7. The number of nitrogens with one attached hydrogen (secondary N) is 1. The molecule has 0 radical (unpaired) electrons. The number of carbonyl (C=O) groups excluding carboxylic acids is 1. The lowest BCUT2D eigenvalue weighted by molar-refractivity contribution is 0.0951. The van der Waals surface area contributed by atoms with Gasteiger partial charge in [0.1, 0.15) is 12.1 Å². The summed E-state index contributed by atoms with van der Waals surface area (Å²) in [5, 5.41) is 7.91. The van der Waals surface area contributed by atoms with Gasteiger partial charge in [0.25, 0.3) is 5.91 Å². The highest BCUT2D eigenvalue weighted by molar-refractivity contribution is 5.99. The molecule has 0 unspecified atom stereocenters. The Hall–Kier alpha value is -4.33. The Morgan fingerprint density at radius 2 is 2.00 bits per heavy atom. The van der Waals surface area contributed by atoms with Gasteiger partial charge in [0, 0.05) is 47.2 Å². The summed E-state index contributed by atoms with van der Waals surface area (Å²) in [4.78, 5) is 26.1. The number of aromatic nitrogens is 5. The van der Waals surface area contributed by atoms with Crippen LogP contribution in [0.25, 0.3) is 27.8 Å². The monoisotopic (exact) mass is 438 g/mol. The van der Waals surface area contributed by atoms with Crippen molar-refractivity contribution >= 4 is 22.5 Å². The van der Waals surface area contributed by atoms with Crippen molar-refractivity contribution in [2.75, 3.05) is 6.61 Å². The van der Waals surface area contributed by atoms with Gasteiger partial charge in [-0.1, -0.05) is 0 Å². The van der Waals surface area contributed by atoms with Crippen LogP contribution in [0.1, 0.15) is 28.5 Å². The number of carbonyl (C=O) groups is 1. The molecule has 8 nitrogen and oxygen atoms in total. The Bertz CT molecular complexity index is 1480. The third-order valence-corrected chi connectivity index (χ3v) is 5.32. The van der Waals surface area contributed by atoms with Gasteiger partial charge in [0.15, 0.2) is 5.65 Å². The average molecular weight is 438 g/mol. The first-order valence-corrected chi connectivity index (χ1v) is 10.7. The number of hydrogen-bond donors (Lipinski definition) is 1. The van der Waals surface area contributed by atoms with E-state index in [0.717, 1.165) is 39.3 Å². The van der Waals surface area contributed by atoms with Crippen molar-refractivity contribution in [3.8, 4) is 17.0 Å². The smallest absolute Gasteiger partial charge is 0.251 e. The highest BCUT2D eigenvalue weighted by Crippen LogP contribution is 2.31. The van der Waals surface area contributed by atoms with E-state index in [0.29, 0.717) is 24.2 Å². The number of rotatable bonds is 6. The zero-order valence-corrected chi connectivity index (χ0v) is 18.3. The van der Waals surface area contributed by atoms with Crippen LogP contribution in [0.4, 0.5) is 0 Å². The number of nitrogens with zero attached hydrogens (tertiary/aromatic N) is 5. The van der Waals surface area contributed by atoms with Crippen LogP contribution >= 0.6 is 0 Å². The van der Waals surface area contributed by atoms with Gasteiger partial charge in [-0.05, 0) is 61.9 Å². The van der Waals surface area contributed by atoms with Crippen molar-refractivity contribution in [3.63, 3.8) is 0 Å². The topological polar surface area (TPSA) is 94.3 Å². The van der Waals surface area contributed by atoms with Crippen LogP contribution < -0.4 is 10.1 Å². The Kier molecular flexibility index (Phi) is 5.40. The summed E-state index contributed by atoms with van der Waals surface area (Å²) in [6.07, 6.45) is 5.08. The summed E-state index contributed by atoms with van der Waals surface area (Å²) in [6.45, 7) is 4.80. The fourth-order valence-corrected chi connectivity index (χ4v) is 3.72. The number of ether oxygens (including phenoxy) is 1. The van der Waals surface area contributed by atoms with Crippen molar-refractivity contribution in [1.82, 2.24) is 29.9 Å². The van der Waals surface area contributed by atoms with E-state index in [1.807, 2.05) is 56.4 Å². The maximum Gasteiger partial charge on any atom is 0.251 e. The average Bonchev–Trinajstić information content (AvgIpc) is 3.30. The van der Waals surface area contributed by atoms with Gasteiger partial charge < -0.3 is 10.1 Å². The lowest BCUT2D eigenvalue weighted by atomic mass is 10.1. The van der Waals surface area contributed by atoms with Gasteiger partial charge in [0.05, 0.1) is 17.8 Å². The zero-order chi connectivity index (χ0) is 22.8. The maximum atomic E-state index is 12.9. The van der Waals surface area contributed by atoms with Crippen LogP contribution in [-0.4, -0.2) is 37.1 Å². The molecule has 33 heavy (non-hydrogen) atoms. The SMILES string of the molecule is CCOc1cc(-c2ccnc(C)c2)nc2cc(C(=O)NCc3ccn4ncnc4c3)ccc12. The molecule has 4 aromatic heterocycles. The maximum absolute atomic E-state index is 12.9. The summed E-state index contributed by atoms with van der Waals surface area (Å²) < 4.78 is 7.56. The second kappa shape index (κ2) is 8.66. The molecule has 4 heterocycles. The van der Waals surface area contributed by atoms with E-state index < -0.39 is 0 Å². The third kappa shape index (κ3) is 4.23. The van der Waals surface area contributed by atoms with Gasteiger partial charge >= 0.3 is 0 Å². The van der Waals surface area contributed by atoms with Crippen molar-refractivity contribution in [3.05, 3.63) is 84.1 Å². The number of hydrogen-bond acceptors (Lipinski definition) is 6. The minimum Gasteiger partial charge on any atom is -0.493 e. The van der Waals surface area contributed by atoms with Crippen molar-refractivity contribution in [2.24, 2.45) is 0 Å². The molecule has 0 aliphatic heterocycles. The third-order valence-electron chi connectivity index (χ3n) is 5.32. The van der Waals surface area contributed by atoms with Crippen LogP contribution in [0.2, 0.25) is 0 Å². The predicted octanol–water partition coefficient (Wildman–Crippen LogP) is 3.98. The molecule has 1 amide bonds. The molecule has 0 aliphatic rings. The van der Waals surface area contributed by atoms with Gasteiger partial charge in [0.2, 0.25) is 0 Å². The fraction of sp³-hybridized carbons (Fsp3) is 0.160. The Morgan fingerprint density at radius 3 is 2.85 bits per heavy atom. The second-order valence-corrected chi connectivity index (χ2v) is 7.64. The minimum absolute atomic E-state index is 0.178. The largest absolute Gasteiger partial charge is 0.493 e. The molecule has 0 aliphatic carbocycles. The summed E-state index contributed by atoms with van der Waals surface area (Å²) in [6, 6.07) is 15.1. The van der Waals surface area contributed by atoms with Crippen LogP contribution in [0, 0.1) is 6.92 Å². The Balaban J connectivity index is 1.44. The number of fused-ring (bicyclic) bond motifs is 2. The minimum atomic E-state index is -0.178.